The molecular weight excluding hydrogens is 222 g/mol. The minimum Gasteiger partial charge on any atom is -0.481 e. The molecule has 98 valence electrons. The Morgan fingerprint density at radius 1 is 1.53 bits per heavy atom. The second kappa shape index (κ2) is 7.27. The largest absolute Gasteiger partial charge is 0.481 e. The van der Waals surface area contributed by atoms with Crippen molar-refractivity contribution in [2.24, 2.45) is 11.8 Å². The second-order valence-electron chi connectivity index (χ2n) is 4.59. The van der Waals surface area contributed by atoms with Crippen molar-refractivity contribution in [1.82, 2.24) is 5.32 Å². The van der Waals surface area contributed by atoms with Crippen LogP contribution in [0, 0.1) is 11.8 Å². The molecular formula is C12H21NO4. The van der Waals surface area contributed by atoms with E-state index in [1.165, 1.54) is 0 Å². The molecule has 0 saturated carbocycles. The van der Waals surface area contributed by atoms with Gasteiger partial charge in [-0.2, -0.15) is 0 Å². The molecule has 2 atom stereocenters. The lowest BCUT2D eigenvalue weighted by Gasteiger charge is -2.21. The van der Waals surface area contributed by atoms with Crippen molar-refractivity contribution in [1.29, 1.82) is 0 Å². The van der Waals surface area contributed by atoms with Gasteiger partial charge in [0.25, 0.3) is 0 Å². The molecule has 0 aliphatic carbocycles. The molecule has 0 aromatic heterocycles. The molecule has 1 heterocycles. The lowest BCUT2D eigenvalue weighted by molar-refractivity contribution is -0.141. The van der Waals surface area contributed by atoms with E-state index in [1.54, 1.807) is 6.92 Å². The van der Waals surface area contributed by atoms with Crippen molar-refractivity contribution < 1.29 is 19.4 Å². The molecule has 0 bridgehead atoms. The number of hydrogen-bond donors (Lipinski definition) is 2. The highest BCUT2D eigenvalue weighted by molar-refractivity contribution is 5.78. The van der Waals surface area contributed by atoms with Gasteiger partial charge in [-0.15, -0.1) is 0 Å². The Labute approximate surface area is 102 Å². The van der Waals surface area contributed by atoms with Gasteiger partial charge < -0.3 is 15.2 Å². The molecule has 0 spiro atoms. The third-order valence-corrected chi connectivity index (χ3v) is 3.07. The summed E-state index contributed by atoms with van der Waals surface area (Å²) in [5, 5.41) is 11.5. The van der Waals surface area contributed by atoms with E-state index in [9.17, 15) is 9.59 Å². The molecule has 2 N–H and O–H groups in total. The van der Waals surface area contributed by atoms with Gasteiger partial charge in [0.15, 0.2) is 0 Å². The van der Waals surface area contributed by atoms with Crippen LogP contribution in [-0.2, 0) is 14.3 Å². The number of hydrogen-bond acceptors (Lipinski definition) is 3. The number of carboxylic acid groups (broad SMARTS) is 1. The lowest BCUT2D eigenvalue weighted by atomic mass is 10.0. The predicted octanol–water partition coefficient (Wildman–Crippen LogP) is 1.03. The van der Waals surface area contributed by atoms with Crippen molar-refractivity contribution in [3.05, 3.63) is 0 Å². The zero-order chi connectivity index (χ0) is 12.7. The monoisotopic (exact) mass is 243 g/mol. The molecule has 17 heavy (non-hydrogen) atoms. The molecule has 1 aliphatic rings. The molecule has 0 radical (unpaired) electrons. The lowest BCUT2D eigenvalue weighted by Crippen LogP contribution is -2.36. The number of amides is 1. The highest BCUT2D eigenvalue weighted by Crippen LogP contribution is 2.13. The van der Waals surface area contributed by atoms with Crippen LogP contribution in [0.5, 0.6) is 0 Å². The van der Waals surface area contributed by atoms with Gasteiger partial charge in [0.2, 0.25) is 5.91 Å². The third kappa shape index (κ3) is 5.17. The van der Waals surface area contributed by atoms with Gasteiger partial charge in [-0.05, 0) is 25.7 Å². The third-order valence-electron chi connectivity index (χ3n) is 3.07. The average molecular weight is 243 g/mol. The molecule has 1 amide bonds. The summed E-state index contributed by atoms with van der Waals surface area (Å²) >= 11 is 0. The maximum Gasteiger partial charge on any atom is 0.306 e. The van der Waals surface area contributed by atoms with Crippen molar-refractivity contribution in [2.45, 2.75) is 32.6 Å². The Morgan fingerprint density at radius 3 is 2.88 bits per heavy atom. The Morgan fingerprint density at radius 2 is 2.29 bits per heavy atom. The maximum absolute atomic E-state index is 11.7. The summed E-state index contributed by atoms with van der Waals surface area (Å²) in [5.41, 5.74) is 0. The van der Waals surface area contributed by atoms with Crippen LogP contribution in [0.1, 0.15) is 32.6 Å². The standard InChI is InChI=1S/C12H21NO4/c1-9(12(15)16)4-2-6-13-11(14)10-5-3-7-17-8-10/h9-10H,2-8H2,1H3,(H,13,14)(H,15,16). The summed E-state index contributed by atoms with van der Waals surface area (Å²) < 4.78 is 5.24. The number of nitrogens with one attached hydrogen (secondary N) is 1. The highest BCUT2D eigenvalue weighted by Gasteiger charge is 2.21. The smallest absolute Gasteiger partial charge is 0.306 e. The van der Waals surface area contributed by atoms with E-state index in [-0.39, 0.29) is 17.7 Å². The Hall–Kier alpha value is -1.10. The molecule has 1 rings (SSSR count). The number of carbonyl (C=O) groups is 2. The summed E-state index contributed by atoms with van der Waals surface area (Å²) in [5.74, 6) is -1.12. The maximum atomic E-state index is 11.7. The van der Waals surface area contributed by atoms with Crippen LogP contribution >= 0.6 is 0 Å². The molecule has 1 fully saturated rings. The first kappa shape index (κ1) is 14.0. The van der Waals surface area contributed by atoms with Crippen LogP contribution in [0.3, 0.4) is 0 Å². The topological polar surface area (TPSA) is 75.6 Å². The summed E-state index contributed by atoms with van der Waals surface area (Å²) in [6.07, 6.45) is 3.12. The first-order valence-electron chi connectivity index (χ1n) is 6.19. The predicted molar refractivity (Wildman–Crippen MR) is 62.6 cm³/mol. The van der Waals surface area contributed by atoms with E-state index in [0.29, 0.717) is 26.0 Å². The first-order chi connectivity index (χ1) is 8.11. The van der Waals surface area contributed by atoms with Gasteiger partial charge in [0.05, 0.1) is 18.4 Å². The summed E-state index contributed by atoms with van der Waals surface area (Å²) in [4.78, 5) is 22.2. The minimum absolute atomic E-state index is 0.0272. The Balaban J connectivity index is 2.09. The van der Waals surface area contributed by atoms with Gasteiger partial charge in [-0.3, -0.25) is 9.59 Å². The van der Waals surface area contributed by atoms with E-state index < -0.39 is 5.97 Å². The fraction of sp³-hybridized carbons (Fsp3) is 0.833. The number of carbonyl (C=O) groups excluding carboxylic acids is 1. The highest BCUT2D eigenvalue weighted by atomic mass is 16.5. The minimum atomic E-state index is -0.781. The average Bonchev–Trinajstić information content (AvgIpc) is 2.35. The van der Waals surface area contributed by atoms with Gasteiger partial charge >= 0.3 is 5.97 Å². The number of ether oxygens (including phenoxy) is 1. The molecule has 5 nitrogen and oxygen atoms in total. The number of rotatable bonds is 6. The van der Waals surface area contributed by atoms with Crippen LogP contribution in [0.2, 0.25) is 0 Å². The van der Waals surface area contributed by atoms with Gasteiger partial charge in [-0.25, -0.2) is 0 Å². The zero-order valence-electron chi connectivity index (χ0n) is 10.3. The van der Waals surface area contributed by atoms with Crippen LogP contribution in [-0.4, -0.2) is 36.7 Å². The molecule has 1 saturated heterocycles. The fourth-order valence-corrected chi connectivity index (χ4v) is 1.84. The van der Waals surface area contributed by atoms with Crippen LogP contribution in [0.25, 0.3) is 0 Å². The number of carboxylic acids is 1. The van der Waals surface area contributed by atoms with E-state index in [1.807, 2.05) is 0 Å². The summed E-state index contributed by atoms with van der Waals surface area (Å²) in [6.45, 7) is 3.49. The van der Waals surface area contributed by atoms with Crippen LogP contribution in [0.15, 0.2) is 0 Å². The van der Waals surface area contributed by atoms with E-state index in [4.69, 9.17) is 9.84 Å². The van der Waals surface area contributed by atoms with E-state index >= 15 is 0 Å². The van der Waals surface area contributed by atoms with Gasteiger partial charge in [0, 0.05) is 13.2 Å². The summed E-state index contributed by atoms with van der Waals surface area (Å²) in [7, 11) is 0. The van der Waals surface area contributed by atoms with Crippen LogP contribution in [0.4, 0.5) is 0 Å². The zero-order valence-corrected chi connectivity index (χ0v) is 10.3. The van der Waals surface area contributed by atoms with Crippen molar-refractivity contribution in [3.63, 3.8) is 0 Å². The molecule has 1 aliphatic heterocycles. The van der Waals surface area contributed by atoms with Gasteiger partial charge in [0.1, 0.15) is 0 Å². The molecule has 2 unspecified atom stereocenters. The van der Waals surface area contributed by atoms with Crippen LogP contribution < -0.4 is 5.32 Å². The summed E-state index contributed by atoms with van der Waals surface area (Å²) in [6, 6.07) is 0. The quantitative estimate of drug-likeness (QED) is 0.683. The Bertz CT molecular complexity index is 261. The van der Waals surface area contributed by atoms with Crippen molar-refractivity contribution in [2.75, 3.05) is 19.8 Å². The first-order valence-corrected chi connectivity index (χ1v) is 6.19. The molecule has 0 aromatic carbocycles. The SMILES string of the molecule is CC(CCCNC(=O)C1CCCOC1)C(=O)O. The Kier molecular flexibility index (Phi) is 5.97. The fourth-order valence-electron chi connectivity index (χ4n) is 1.84. The van der Waals surface area contributed by atoms with E-state index in [2.05, 4.69) is 5.32 Å². The van der Waals surface area contributed by atoms with Crippen molar-refractivity contribution in [3.8, 4) is 0 Å². The van der Waals surface area contributed by atoms with Crippen molar-refractivity contribution >= 4 is 11.9 Å². The molecule has 0 aromatic rings. The van der Waals surface area contributed by atoms with Gasteiger partial charge in [-0.1, -0.05) is 6.92 Å². The molecule has 5 heteroatoms. The number of aliphatic carboxylic acids is 1. The second-order valence-corrected chi connectivity index (χ2v) is 4.59. The van der Waals surface area contributed by atoms with E-state index in [0.717, 1.165) is 19.4 Å². The normalized spacial score (nSPS) is 21.8.